The number of primary amides is 1. The number of amides is 5. The smallest absolute Gasteiger partial charge is 0.322 e. The van der Waals surface area contributed by atoms with Crippen LogP contribution in [-0.2, 0) is 35.2 Å². The summed E-state index contributed by atoms with van der Waals surface area (Å²) < 4.78 is 0. The third kappa shape index (κ3) is 13.1. The number of rotatable bonds is 18. The first kappa shape index (κ1) is 33.4. The number of nitrogens with one attached hydrogen (secondary N) is 5. The van der Waals surface area contributed by atoms with Crippen LogP contribution in [-0.4, -0.2) is 93.3 Å². The summed E-state index contributed by atoms with van der Waals surface area (Å²) in [5.41, 5.74) is 11.7. The molecule has 15 nitrogen and oxygen atoms in total. The van der Waals surface area contributed by atoms with Crippen LogP contribution in [0.4, 0.5) is 0 Å². The molecule has 1 aromatic rings. The minimum absolute atomic E-state index is 0.0225. The zero-order valence-electron chi connectivity index (χ0n) is 22.2. The number of nitrogens with zero attached hydrogens (tertiary/aromatic N) is 1. The molecule has 0 saturated carbocycles. The average molecular weight is 571 g/mol. The maximum Gasteiger partial charge on any atom is 0.322 e. The van der Waals surface area contributed by atoms with Gasteiger partial charge in [0.2, 0.25) is 29.5 Å². The maximum absolute atomic E-state index is 13.2. The highest BCUT2D eigenvalue weighted by molar-refractivity contribution is 7.98. The number of carbonyl (C=O) groups excluding carboxylic acids is 5. The molecule has 0 bridgehead atoms. The van der Waals surface area contributed by atoms with Gasteiger partial charge in [-0.2, -0.15) is 11.8 Å². The molecule has 0 radical (unpaired) electrons. The number of aliphatic carboxylic acids is 1. The van der Waals surface area contributed by atoms with E-state index in [2.05, 4.69) is 31.2 Å². The summed E-state index contributed by atoms with van der Waals surface area (Å²) in [7, 11) is 0. The molecule has 1 rings (SSSR count). The Balaban J connectivity index is 3.09. The van der Waals surface area contributed by atoms with E-state index in [-0.39, 0.29) is 18.8 Å². The number of carbonyl (C=O) groups is 6. The molecule has 0 aliphatic heterocycles. The van der Waals surface area contributed by atoms with Gasteiger partial charge in [-0.25, -0.2) is 4.98 Å². The second kappa shape index (κ2) is 17.0. The Hall–Kier alpha value is -3.66. The van der Waals surface area contributed by atoms with Crippen LogP contribution in [0, 0.1) is 5.92 Å². The molecule has 4 unspecified atom stereocenters. The second-order valence-electron chi connectivity index (χ2n) is 9.26. The van der Waals surface area contributed by atoms with Gasteiger partial charge in [-0.15, -0.1) is 0 Å². The van der Waals surface area contributed by atoms with Crippen molar-refractivity contribution in [1.29, 1.82) is 0 Å². The topological polar surface area (TPSA) is 251 Å². The fourth-order valence-electron chi connectivity index (χ4n) is 3.42. The molecule has 0 aromatic carbocycles. The molecule has 4 atom stereocenters. The molecular formula is C23H38N8O7S. The van der Waals surface area contributed by atoms with Gasteiger partial charge in [-0.1, -0.05) is 13.8 Å². The lowest BCUT2D eigenvalue weighted by molar-refractivity contribution is -0.139. The summed E-state index contributed by atoms with van der Waals surface area (Å²) in [5, 5.41) is 18.5. The molecule has 218 valence electrons. The van der Waals surface area contributed by atoms with Crippen molar-refractivity contribution in [1.82, 2.24) is 31.2 Å². The minimum atomic E-state index is -1.48. The molecule has 0 aliphatic carbocycles. The van der Waals surface area contributed by atoms with E-state index in [4.69, 9.17) is 16.6 Å². The molecule has 0 aliphatic rings. The summed E-state index contributed by atoms with van der Waals surface area (Å²) in [6.45, 7) is 2.93. The van der Waals surface area contributed by atoms with Crippen molar-refractivity contribution < 1.29 is 33.9 Å². The third-order valence-electron chi connectivity index (χ3n) is 5.37. The van der Waals surface area contributed by atoms with Crippen molar-refractivity contribution in [3.63, 3.8) is 0 Å². The molecule has 5 amide bonds. The molecule has 0 spiro atoms. The molecule has 1 aromatic heterocycles. The number of nitrogens with two attached hydrogens (primary N) is 2. The van der Waals surface area contributed by atoms with E-state index in [9.17, 15) is 28.8 Å². The quantitative estimate of drug-likeness (QED) is 0.0929. The molecule has 0 saturated heterocycles. The Labute approximate surface area is 230 Å². The number of thioether (sulfide) groups is 1. The number of aromatic amines is 1. The predicted octanol–water partition coefficient (Wildman–Crippen LogP) is -2.39. The van der Waals surface area contributed by atoms with Gasteiger partial charge in [0.05, 0.1) is 18.8 Å². The number of hydrogen-bond acceptors (Lipinski definition) is 9. The van der Waals surface area contributed by atoms with Gasteiger partial charge < -0.3 is 42.8 Å². The van der Waals surface area contributed by atoms with Crippen LogP contribution in [0.5, 0.6) is 0 Å². The highest BCUT2D eigenvalue weighted by Gasteiger charge is 2.32. The van der Waals surface area contributed by atoms with Gasteiger partial charge in [0.15, 0.2) is 0 Å². The fourth-order valence-corrected chi connectivity index (χ4v) is 3.91. The minimum Gasteiger partial charge on any atom is -0.480 e. The van der Waals surface area contributed by atoms with E-state index in [0.29, 0.717) is 17.9 Å². The first-order valence-electron chi connectivity index (χ1n) is 12.2. The molecule has 0 fully saturated rings. The first-order chi connectivity index (χ1) is 18.3. The highest BCUT2D eigenvalue weighted by atomic mass is 32.2. The summed E-state index contributed by atoms with van der Waals surface area (Å²) in [5.74, 6) is -4.62. The van der Waals surface area contributed by atoms with E-state index in [1.165, 1.54) is 24.3 Å². The van der Waals surface area contributed by atoms with Crippen LogP contribution in [0.25, 0.3) is 0 Å². The van der Waals surface area contributed by atoms with Crippen LogP contribution in [0.15, 0.2) is 12.5 Å². The third-order valence-corrected chi connectivity index (χ3v) is 6.02. The van der Waals surface area contributed by atoms with E-state index in [0.717, 1.165) is 0 Å². The Morgan fingerprint density at radius 1 is 1.00 bits per heavy atom. The van der Waals surface area contributed by atoms with Gasteiger partial charge in [0.25, 0.3) is 0 Å². The fraction of sp³-hybridized carbons (Fsp3) is 0.609. The van der Waals surface area contributed by atoms with Gasteiger partial charge in [0.1, 0.15) is 24.7 Å². The van der Waals surface area contributed by atoms with Gasteiger partial charge >= 0.3 is 5.97 Å². The number of aromatic nitrogens is 2. The average Bonchev–Trinajstić information content (AvgIpc) is 3.36. The van der Waals surface area contributed by atoms with E-state index < -0.39 is 72.6 Å². The molecule has 16 heteroatoms. The lowest BCUT2D eigenvalue weighted by Gasteiger charge is -2.25. The Morgan fingerprint density at radius 2 is 1.62 bits per heavy atom. The number of hydrogen-bond donors (Lipinski definition) is 8. The largest absolute Gasteiger partial charge is 0.480 e. The normalized spacial score (nSPS) is 14.0. The first-order valence-corrected chi connectivity index (χ1v) is 13.6. The Bertz CT molecular complexity index is 989. The number of carboxylic acids is 1. The maximum atomic E-state index is 13.2. The monoisotopic (exact) mass is 570 g/mol. The summed E-state index contributed by atoms with van der Waals surface area (Å²) >= 11 is 1.51. The van der Waals surface area contributed by atoms with E-state index >= 15 is 0 Å². The number of carboxylic acid groups (broad SMARTS) is 1. The molecular weight excluding hydrogens is 532 g/mol. The van der Waals surface area contributed by atoms with Gasteiger partial charge in [-0.05, 0) is 30.8 Å². The van der Waals surface area contributed by atoms with Crippen molar-refractivity contribution in [3.8, 4) is 0 Å². The standard InChI is InChI=1S/C23H38N8O7S/c1-12(2)6-15(21(36)27-10-19(33)34)30-23(38)17(8-18(25)32)31-22(37)16(7-13-9-26-11-28-13)29-20(35)14(24)4-5-39-3/h9,11-12,14-17H,4-8,10,24H2,1-3H3,(H2,25,32)(H,26,28)(H,27,36)(H,29,35)(H,30,38)(H,31,37)(H,33,34). The van der Waals surface area contributed by atoms with Crippen molar-refractivity contribution in [3.05, 3.63) is 18.2 Å². The van der Waals surface area contributed by atoms with Crippen LogP contribution in [0.2, 0.25) is 0 Å². The van der Waals surface area contributed by atoms with Crippen LogP contribution < -0.4 is 32.7 Å². The Morgan fingerprint density at radius 3 is 2.15 bits per heavy atom. The molecule has 10 N–H and O–H groups in total. The number of imidazole rings is 1. The zero-order chi connectivity index (χ0) is 29.5. The van der Waals surface area contributed by atoms with E-state index in [1.807, 2.05) is 6.26 Å². The van der Waals surface area contributed by atoms with E-state index in [1.54, 1.807) is 13.8 Å². The van der Waals surface area contributed by atoms with Gasteiger partial charge in [0, 0.05) is 18.3 Å². The van der Waals surface area contributed by atoms with Crippen LogP contribution in [0.1, 0.15) is 38.8 Å². The summed E-state index contributed by atoms with van der Waals surface area (Å²) in [6.07, 6.45) is 4.63. The SMILES string of the molecule is CSCCC(N)C(=O)NC(Cc1cnc[nH]1)C(=O)NC(CC(N)=O)C(=O)NC(CC(C)C)C(=O)NCC(=O)O. The summed E-state index contributed by atoms with van der Waals surface area (Å²) in [6, 6.07) is -4.69. The van der Waals surface area contributed by atoms with Gasteiger partial charge in [-0.3, -0.25) is 28.8 Å². The lowest BCUT2D eigenvalue weighted by Crippen LogP contribution is -2.59. The van der Waals surface area contributed by atoms with Crippen LogP contribution in [0.3, 0.4) is 0 Å². The lowest BCUT2D eigenvalue weighted by atomic mass is 10.0. The van der Waals surface area contributed by atoms with Crippen molar-refractivity contribution in [2.45, 2.75) is 63.7 Å². The number of H-pyrrole nitrogens is 1. The summed E-state index contributed by atoms with van der Waals surface area (Å²) in [4.78, 5) is 80.7. The van der Waals surface area contributed by atoms with Crippen LogP contribution >= 0.6 is 11.8 Å². The van der Waals surface area contributed by atoms with Crippen molar-refractivity contribution in [2.24, 2.45) is 17.4 Å². The second-order valence-corrected chi connectivity index (χ2v) is 10.2. The van der Waals surface area contributed by atoms with Crippen molar-refractivity contribution >= 4 is 47.3 Å². The molecule has 1 heterocycles. The predicted molar refractivity (Wildman–Crippen MR) is 143 cm³/mol. The Kier molecular flexibility index (Phi) is 14.6. The zero-order valence-corrected chi connectivity index (χ0v) is 23.0. The van der Waals surface area contributed by atoms with Crippen molar-refractivity contribution in [2.75, 3.05) is 18.6 Å². The highest BCUT2D eigenvalue weighted by Crippen LogP contribution is 2.07. The molecule has 39 heavy (non-hydrogen) atoms.